The zero-order chi connectivity index (χ0) is 26.9. The quantitative estimate of drug-likeness (QED) is 0.219. The van der Waals surface area contributed by atoms with E-state index in [1.54, 1.807) is 0 Å². The zero-order valence-corrected chi connectivity index (χ0v) is 22.3. The molecule has 0 saturated carbocycles. The van der Waals surface area contributed by atoms with Crippen molar-refractivity contribution in [1.82, 2.24) is 13.7 Å². The summed E-state index contributed by atoms with van der Waals surface area (Å²) in [4.78, 5) is 0. The minimum Gasteiger partial charge on any atom is -0.316 e. The molecule has 9 rings (SSSR count). The van der Waals surface area contributed by atoms with Crippen LogP contribution in [0.5, 0.6) is 0 Å². The van der Waals surface area contributed by atoms with Crippen molar-refractivity contribution in [3.63, 3.8) is 0 Å². The van der Waals surface area contributed by atoms with Gasteiger partial charge in [0.05, 0.1) is 27.6 Å². The maximum atomic E-state index is 2.43. The molecule has 0 amide bonds. The average Bonchev–Trinajstić information content (AvgIpc) is 3.70. The van der Waals surface area contributed by atoms with E-state index in [0.29, 0.717) is 0 Å². The normalized spacial score (nSPS) is 11.9. The summed E-state index contributed by atoms with van der Waals surface area (Å²) in [5.74, 6) is 0. The standard InChI is InChI=1S/C38H25N3/c1-3-11-27(12-4-1)39-22-21-26-23-32-30-15-7-10-18-35(30)41(38(32)25-37(26)39)29-19-20-36-33(24-29)31-16-8-9-17-34(31)40(36)28-13-5-2-6-14-28/h1-25H. The van der Waals surface area contributed by atoms with Gasteiger partial charge in [-0.15, -0.1) is 0 Å². The van der Waals surface area contributed by atoms with Crippen molar-refractivity contribution in [2.45, 2.75) is 0 Å². The van der Waals surface area contributed by atoms with Crippen LogP contribution < -0.4 is 0 Å². The van der Waals surface area contributed by atoms with Crippen LogP contribution >= 0.6 is 0 Å². The Morgan fingerprint density at radius 1 is 0.317 bits per heavy atom. The summed E-state index contributed by atoms with van der Waals surface area (Å²) in [5.41, 5.74) is 9.56. The lowest BCUT2D eigenvalue weighted by Crippen LogP contribution is -1.96. The van der Waals surface area contributed by atoms with Crippen LogP contribution in [-0.2, 0) is 0 Å². The van der Waals surface area contributed by atoms with Crippen LogP contribution in [-0.4, -0.2) is 13.7 Å². The van der Waals surface area contributed by atoms with Gasteiger partial charge in [0.15, 0.2) is 0 Å². The highest BCUT2D eigenvalue weighted by molar-refractivity contribution is 6.14. The highest BCUT2D eigenvalue weighted by atomic mass is 15.0. The molecule has 0 aliphatic heterocycles. The number of fused-ring (bicyclic) bond motifs is 7. The summed E-state index contributed by atoms with van der Waals surface area (Å²) in [6.07, 6.45) is 2.18. The maximum absolute atomic E-state index is 2.43. The van der Waals surface area contributed by atoms with Crippen LogP contribution in [0.1, 0.15) is 0 Å². The minimum absolute atomic E-state index is 1.16. The van der Waals surface area contributed by atoms with E-state index >= 15 is 0 Å². The molecule has 3 heterocycles. The van der Waals surface area contributed by atoms with E-state index in [2.05, 4.69) is 165 Å². The molecule has 192 valence electrons. The Bertz CT molecular complexity index is 2400. The first kappa shape index (κ1) is 22.3. The number of para-hydroxylation sites is 4. The van der Waals surface area contributed by atoms with Crippen molar-refractivity contribution < 1.29 is 0 Å². The van der Waals surface area contributed by atoms with Gasteiger partial charge in [0.1, 0.15) is 0 Å². The Balaban J connectivity index is 1.36. The molecular formula is C38H25N3. The van der Waals surface area contributed by atoms with Crippen molar-refractivity contribution in [3.8, 4) is 17.1 Å². The molecule has 0 atom stereocenters. The SMILES string of the molecule is c1ccc(-n2ccc3cc4c5ccccc5n(-c5ccc6c(c5)c5ccccc5n6-c5ccccc5)c4cc32)cc1. The Kier molecular flexibility index (Phi) is 4.61. The minimum atomic E-state index is 1.16. The smallest absolute Gasteiger partial charge is 0.0562 e. The molecule has 0 fully saturated rings. The van der Waals surface area contributed by atoms with Crippen LogP contribution in [0.2, 0.25) is 0 Å². The van der Waals surface area contributed by atoms with Crippen molar-refractivity contribution in [1.29, 1.82) is 0 Å². The number of benzene rings is 6. The Morgan fingerprint density at radius 2 is 0.878 bits per heavy atom. The topological polar surface area (TPSA) is 14.8 Å². The molecule has 0 bridgehead atoms. The number of hydrogen-bond acceptors (Lipinski definition) is 0. The fourth-order valence-electron chi connectivity index (χ4n) is 6.65. The highest BCUT2D eigenvalue weighted by Crippen LogP contribution is 2.38. The van der Waals surface area contributed by atoms with E-state index in [0.717, 1.165) is 5.69 Å². The number of rotatable bonds is 3. The molecule has 0 aliphatic carbocycles. The molecule has 3 nitrogen and oxygen atoms in total. The molecule has 0 radical (unpaired) electrons. The van der Waals surface area contributed by atoms with Gasteiger partial charge in [-0.25, -0.2) is 0 Å². The second-order valence-corrected chi connectivity index (χ2v) is 10.7. The summed E-state index contributed by atoms with van der Waals surface area (Å²) >= 11 is 0. The van der Waals surface area contributed by atoms with Gasteiger partial charge in [-0.2, -0.15) is 0 Å². The first-order valence-electron chi connectivity index (χ1n) is 14.0. The maximum Gasteiger partial charge on any atom is 0.0562 e. The van der Waals surface area contributed by atoms with Crippen LogP contribution in [0, 0.1) is 0 Å². The molecular weight excluding hydrogens is 498 g/mol. The van der Waals surface area contributed by atoms with Crippen molar-refractivity contribution in [2.75, 3.05) is 0 Å². The zero-order valence-electron chi connectivity index (χ0n) is 22.3. The van der Waals surface area contributed by atoms with Gasteiger partial charge in [-0.1, -0.05) is 72.8 Å². The Labute approximate surface area is 236 Å². The van der Waals surface area contributed by atoms with Crippen molar-refractivity contribution in [2.24, 2.45) is 0 Å². The van der Waals surface area contributed by atoms with Crippen LogP contribution in [0.4, 0.5) is 0 Å². The molecule has 0 unspecified atom stereocenters. The summed E-state index contributed by atoms with van der Waals surface area (Å²) in [5, 5.41) is 6.29. The van der Waals surface area contributed by atoms with E-state index < -0.39 is 0 Å². The van der Waals surface area contributed by atoms with Gasteiger partial charge in [-0.3, -0.25) is 0 Å². The van der Waals surface area contributed by atoms with Crippen molar-refractivity contribution in [3.05, 3.63) is 152 Å². The highest BCUT2D eigenvalue weighted by Gasteiger charge is 2.17. The second kappa shape index (κ2) is 8.48. The number of aromatic nitrogens is 3. The first-order valence-corrected chi connectivity index (χ1v) is 14.0. The molecule has 3 aromatic heterocycles. The van der Waals surface area contributed by atoms with Crippen LogP contribution in [0.25, 0.3) is 71.6 Å². The van der Waals surface area contributed by atoms with E-state index in [4.69, 9.17) is 0 Å². The van der Waals surface area contributed by atoms with Gasteiger partial charge < -0.3 is 13.7 Å². The molecule has 3 heteroatoms. The molecule has 0 saturated heterocycles. The molecule has 0 N–H and O–H groups in total. The average molecular weight is 524 g/mol. The number of hydrogen-bond donors (Lipinski definition) is 0. The van der Waals surface area contributed by atoms with E-state index in [-0.39, 0.29) is 0 Å². The van der Waals surface area contributed by atoms with Gasteiger partial charge in [0, 0.05) is 50.2 Å². The summed E-state index contributed by atoms with van der Waals surface area (Å²) in [6, 6.07) is 52.6. The second-order valence-electron chi connectivity index (χ2n) is 10.7. The lowest BCUT2D eigenvalue weighted by Gasteiger charge is -2.11. The third kappa shape index (κ3) is 3.20. The molecule has 6 aromatic carbocycles. The molecule has 0 aliphatic rings. The lowest BCUT2D eigenvalue weighted by molar-refractivity contribution is 1.12. The largest absolute Gasteiger partial charge is 0.316 e. The van der Waals surface area contributed by atoms with E-state index in [1.807, 2.05) is 0 Å². The number of nitrogens with zero attached hydrogens (tertiary/aromatic N) is 3. The van der Waals surface area contributed by atoms with Gasteiger partial charge in [0.2, 0.25) is 0 Å². The molecule has 0 spiro atoms. The monoisotopic (exact) mass is 523 g/mol. The fourth-order valence-corrected chi connectivity index (χ4v) is 6.65. The summed E-state index contributed by atoms with van der Waals surface area (Å²) in [6.45, 7) is 0. The van der Waals surface area contributed by atoms with Gasteiger partial charge >= 0.3 is 0 Å². The lowest BCUT2D eigenvalue weighted by atomic mass is 10.1. The van der Waals surface area contributed by atoms with Crippen LogP contribution in [0.15, 0.2) is 152 Å². The van der Waals surface area contributed by atoms with Gasteiger partial charge in [-0.05, 0) is 72.8 Å². The molecule has 9 aromatic rings. The Hall–Kier alpha value is -5.54. The predicted octanol–water partition coefficient (Wildman–Crippen LogP) is 9.82. The first-order chi connectivity index (χ1) is 20.3. The van der Waals surface area contributed by atoms with E-state index in [1.165, 1.54) is 65.9 Å². The van der Waals surface area contributed by atoms with E-state index in [9.17, 15) is 0 Å². The van der Waals surface area contributed by atoms with Crippen molar-refractivity contribution >= 4 is 54.5 Å². The Morgan fingerprint density at radius 3 is 1.59 bits per heavy atom. The van der Waals surface area contributed by atoms with Crippen LogP contribution in [0.3, 0.4) is 0 Å². The summed E-state index contributed by atoms with van der Waals surface area (Å²) in [7, 11) is 0. The fraction of sp³-hybridized carbons (Fsp3) is 0. The van der Waals surface area contributed by atoms with Gasteiger partial charge in [0.25, 0.3) is 0 Å². The third-order valence-corrected chi connectivity index (χ3v) is 8.45. The molecule has 41 heavy (non-hydrogen) atoms. The third-order valence-electron chi connectivity index (χ3n) is 8.45. The predicted molar refractivity (Wildman–Crippen MR) is 172 cm³/mol. The summed E-state index contributed by atoms with van der Waals surface area (Å²) < 4.78 is 7.09.